The first kappa shape index (κ1) is 27.2. The van der Waals surface area contributed by atoms with Crippen molar-refractivity contribution in [2.24, 2.45) is 0 Å². The van der Waals surface area contributed by atoms with Crippen LogP contribution in [0.3, 0.4) is 0 Å². The number of benzene rings is 2. The molecule has 3 rings (SSSR count). The van der Waals surface area contributed by atoms with Crippen molar-refractivity contribution in [3.05, 3.63) is 64.3 Å². The minimum absolute atomic E-state index is 0.0471. The summed E-state index contributed by atoms with van der Waals surface area (Å²) in [5.74, 6) is -1.11. The second-order valence-corrected chi connectivity index (χ2v) is 11.1. The van der Waals surface area contributed by atoms with E-state index in [-0.39, 0.29) is 45.2 Å². The van der Waals surface area contributed by atoms with E-state index in [9.17, 15) is 17.6 Å². The van der Waals surface area contributed by atoms with Gasteiger partial charge in [0.05, 0.1) is 24.7 Å². The quantitative estimate of drug-likeness (QED) is 0.393. The van der Waals surface area contributed by atoms with Crippen LogP contribution in [0.1, 0.15) is 42.3 Å². The fourth-order valence-corrected chi connectivity index (χ4v) is 3.92. The number of nitrogens with one attached hydrogen (secondary N) is 2. The van der Waals surface area contributed by atoms with E-state index in [2.05, 4.69) is 20.0 Å². The topological polar surface area (TPSA) is 120 Å². The Kier molecular flexibility index (Phi) is 7.75. The van der Waals surface area contributed by atoms with Crippen molar-refractivity contribution in [1.82, 2.24) is 9.97 Å². The molecule has 0 aliphatic carbocycles. The molecule has 2 N–H and O–H groups in total. The van der Waals surface area contributed by atoms with E-state index < -0.39 is 27.2 Å². The van der Waals surface area contributed by atoms with Gasteiger partial charge in [-0.25, -0.2) is 17.8 Å². The molecule has 0 radical (unpaired) electrons. The number of ether oxygens (including phenoxy) is 2. The third-order valence-corrected chi connectivity index (χ3v) is 5.85. The monoisotopic (exact) mass is 536 g/mol. The average Bonchev–Trinajstić information content (AvgIpc) is 2.75. The zero-order valence-electron chi connectivity index (χ0n) is 20.6. The van der Waals surface area contributed by atoms with Crippen LogP contribution in [0.2, 0.25) is 5.28 Å². The van der Waals surface area contributed by atoms with E-state index >= 15 is 0 Å². The summed E-state index contributed by atoms with van der Waals surface area (Å²) < 4.78 is 52.1. The summed E-state index contributed by atoms with van der Waals surface area (Å²) >= 11 is 5.79. The number of sulfonamides is 1. The smallest absolute Gasteiger partial charge is 0.256 e. The van der Waals surface area contributed by atoms with Crippen molar-refractivity contribution in [3.63, 3.8) is 0 Å². The Morgan fingerprint density at radius 1 is 1.14 bits per heavy atom. The molecule has 36 heavy (non-hydrogen) atoms. The van der Waals surface area contributed by atoms with E-state index in [1.54, 1.807) is 12.1 Å². The summed E-state index contributed by atoms with van der Waals surface area (Å²) in [5, 5.41) is 2.64. The number of methoxy groups -OCH3 is 1. The lowest BCUT2D eigenvalue weighted by Gasteiger charge is -2.24. The number of anilines is 2. The van der Waals surface area contributed by atoms with Crippen molar-refractivity contribution in [2.75, 3.05) is 23.4 Å². The van der Waals surface area contributed by atoms with Crippen molar-refractivity contribution in [3.8, 4) is 17.4 Å². The van der Waals surface area contributed by atoms with Gasteiger partial charge < -0.3 is 14.8 Å². The molecule has 0 atom stereocenters. The number of hydrogen-bond donors (Lipinski definition) is 2. The molecular formula is C24H26ClFN4O5S. The summed E-state index contributed by atoms with van der Waals surface area (Å²) in [5.41, 5.74) is 0.802. The molecule has 0 saturated carbocycles. The van der Waals surface area contributed by atoms with Gasteiger partial charge in [0.1, 0.15) is 11.6 Å². The molecular weight excluding hydrogens is 511 g/mol. The molecule has 0 saturated heterocycles. The van der Waals surface area contributed by atoms with Crippen LogP contribution in [0.15, 0.2) is 36.5 Å². The zero-order chi connectivity index (χ0) is 26.8. The van der Waals surface area contributed by atoms with Gasteiger partial charge >= 0.3 is 0 Å². The Morgan fingerprint density at radius 3 is 2.39 bits per heavy atom. The molecule has 12 heteroatoms. The van der Waals surface area contributed by atoms with Gasteiger partial charge in [0, 0.05) is 23.4 Å². The number of amides is 1. The van der Waals surface area contributed by atoms with Gasteiger partial charge in [-0.05, 0) is 53.8 Å². The largest absolute Gasteiger partial charge is 0.492 e. The van der Waals surface area contributed by atoms with E-state index in [0.29, 0.717) is 0 Å². The van der Waals surface area contributed by atoms with Crippen molar-refractivity contribution in [2.45, 2.75) is 33.1 Å². The van der Waals surface area contributed by atoms with Gasteiger partial charge in [0.25, 0.3) is 5.91 Å². The molecule has 2 aromatic carbocycles. The normalized spacial score (nSPS) is 11.7. The van der Waals surface area contributed by atoms with Gasteiger partial charge in [0.15, 0.2) is 5.75 Å². The van der Waals surface area contributed by atoms with Crippen LogP contribution < -0.4 is 19.5 Å². The Morgan fingerprint density at radius 2 is 1.81 bits per heavy atom. The number of nitrogens with zero attached hydrogens (tertiary/aromatic N) is 2. The maximum absolute atomic E-state index is 14.7. The van der Waals surface area contributed by atoms with E-state index in [1.807, 2.05) is 20.8 Å². The van der Waals surface area contributed by atoms with Crippen LogP contribution in [0, 0.1) is 12.7 Å². The fourth-order valence-electron chi connectivity index (χ4n) is 3.22. The van der Waals surface area contributed by atoms with Crippen molar-refractivity contribution >= 4 is 38.9 Å². The average molecular weight is 537 g/mol. The highest BCUT2D eigenvalue weighted by molar-refractivity contribution is 7.92. The molecule has 0 aliphatic rings. The first-order valence-electron chi connectivity index (χ1n) is 10.7. The van der Waals surface area contributed by atoms with Crippen molar-refractivity contribution < 1.29 is 27.1 Å². The maximum Gasteiger partial charge on any atom is 0.256 e. The fraction of sp³-hybridized carbons (Fsp3) is 0.292. The predicted octanol–water partition coefficient (Wildman–Crippen LogP) is 5.30. The van der Waals surface area contributed by atoms with Crippen LogP contribution in [-0.4, -0.2) is 37.7 Å². The highest BCUT2D eigenvalue weighted by atomic mass is 35.5. The van der Waals surface area contributed by atoms with Gasteiger partial charge in [-0.15, -0.1) is 0 Å². The molecule has 0 unspecified atom stereocenters. The molecule has 1 aromatic heterocycles. The Bertz CT molecular complexity index is 1420. The number of hydrogen-bond acceptors (Lipinski definition) is 7. The predicted molar refractivity (Wildman–Crippen MR) is 136 cm³/mol. The lowest BCUT2D eigenvalue weighted by Crippen LogP contribution is -2.18. The molecule has 3 aromatic rings. The van der Waals surface area contributed by atoms with Crippen LogP contribution in [0.5, 0.6) is 17.4 Å². The Labute approximate surface area is 214 Å². The molecule has 0 fully saturated rings. The van der Waals surface area contributed by atoms with Crippen LogP contribution in [-0.2, 0) is 15.4 Å². The number of aromatic nitrogens is 2. The number of carbonyl (C=O) groups excluding carboxylic acids is 1. The molecule has 0 aliphatic heterocycles. The van der Waals surface area contributed by atoms with Gasteiger partial charge in [-0.2, -0.15) is 4.98 Å². The molecule has 1 heterocycles. The lowest BCUT2D eigenvalue weighted by molar-refractivity contribution is 0.102. The van der Waals surface area contributed by atoms with Crippen LogP contribution in [0.25, 0.3) is 0 Å². The van der Waals surface area contributed by atoms with Crippen LogP contribution >= 0.6 is 11.6 Å². The number of carbonyl (C=O) groups is 1. The summed E-state index contributed by atoms with van der Waals surface area (Å²) in [6.07, 6.45) is 2.39. The first-order chi connectivity index (χ1) is 16.7. The molecule has 9 nitrogen and oxygen atoms in total. The number of rotatable bonds is 7. The van der Waals surface area contributed by atoms with E-state index in [0.717, 1.165) is 17.9 Å². The van der Waals surface area contributed by atoms with Crippen molar-refractivity contribution in [1.29, 1.82) is 0 Å². The maximum atomic E-state index is 14.7. The van der Waals surface area contributed by atoms with E-state index in [1.165, 1.54) is 32.4 Å². The van der Waals surface area contributed by atoms with Gasteiger partial charge in [0.2, 0.25) is 21.2 Å². The highest BCUT2D eigenvalue weighted by Crippen LogP contribution is 2.39. The SMILES string of the molecule is COc1c(NC(=O)c2cc(F)c(C)c(Oc3ccnc(Cl)n3)c2)cc(C(C)(C)C)cc1NS(C)(=O)=O. The second-order valence-electron chi connectivity index (χ2n) is 9.03. The summed E-state index contributed by atoms with van der Waals surface area (Å²) in [4.78, 5) is 20.9. The summed E-state index contributed by atoms with van der Waals surface area (Å²) in [6.45, 7) is 7.29. The number of halogens is 2. The molecule has 0 bridgehead atoms. The summed E-state index contributed by atoms with van der Waals surface area (Å²) in [6, 6.07) is 7.18. The van der Waals surface area contributed by atoms with Crippen LogP contribution in [0.4, 0.5) is 15.8 Å². The highest BCUT2D eigenvalue weighted by Gasteiger charge is 2.23. The summed E-state index contributed by atoms with van der Waals surface area (Å²) in [7, 11) is -2.30. The molecule has 1 amide bonds. The van der Waals surface area contributed by atoms with Gasteiger partial charge in [-0.1, -0.05) is 20.8 Å². The molecule has 0 spiro atoms. The standard InChI is InChI=1S/C24H26ClFN4O5S/c1-13-16(26)9-14(10-19(13)35-20-7-8-27-23(25)29-20)22(31)28-17-11-15(24(2,3)4)12-18(21(17)34-5)30-36(6,32)33/h7-12,30H,1-6H3,(H,28,31). The molecule has 192 valence electrons. The van der Waals surface area contributed by atoms with Gasteiger partial charge in [-0.3, -0.25) is 9.52 Å². The Hall–Kier alpha value is -3.44. The third kappa shape index (κ3) is 6.61. The minimum atomic E-state index is -3.65. The zero-order valence-corrected chi connectivity index (χ0v) is 22.1. The second kappa shape index (κ2) is 10.3. The third-order valence-electron chi connectivity index (χ3n) is 5.08. The Balaban J connectivity index is 2.03. The minimum Gasteiger partial charge on any atom is -0.492 e. The van der Waals surface area contributed by atoms with E-state index in [4.69, 9.17) is 21.1 Å². The lowest BCUT2D eigenvalue weighted by atomic mass is 9.86. The first-order valence-corrected chi connectivity index (χ1v) is 12.9.